The summed E-state index contributed by atoms with van der Waals surface area (Å²) >= 11 is 0. The first-order valence-electron chi connectivity index (χ1n) is 7.14. The minimum absolute atomic E-state index is 0.169. The van der Waals surface area contributed by atoms with Crippen molar-refractivity contribution in [1.82, 2.24) is 0 Å². The molecule has 0 saturated heterocycles. The molecule has 0 aromatic heterocycles. The topological polar surface area (TPSA) is 35.5 Å². The van der Waals surface area contributed by atoms with E-state index in [4.69, 9.17) is 9.47 Å². The van der Waals surface area contributed by atoms with Crippen molar-refractivity contribution >= 4 is 11.9 Å². The van der Waals surface area contributed by atoms with E-state index >= 15 is 0 Å². The Kier molecular flexibility index (Phi) is 3.98. The second-order valence-electron chi connectivity index (χ2n) is 5.40. The second-order valence-corrected chi connectivity index (χ2v) is 5.40. The first-order valence-corrected chi connectivity index (χ1v) is 7.14. The Hall–Kier alpha value is -2.88. The van der Waals surface area contributed by atoms with Gasteiger partial charge in [0.15, 0.2) is 5.76 Å². The first-order chi connectivity index (χ1) is 11.0. The molecule has 1 aliphatic heterocycles. The Morgan fingerprint density at radius 2 is 2.13 bits per heavy atom. The van der Waals surface area contributed by atoms with Gasteiger partial charge in [0, 0.05) is 6.07 Å². The van der Waals surface area contributed by atoms with E-state index in [-0.39, 0.29) is 17.4 Å². The fraction of sp³-hybridized carbons (Fsp3) is 0.105. The summed E-state index contributed by atoms with van der Waals surface area (Å²) in [5, 5.41) is 0. The van der Waals surface area contributed by atoms with Crippen LogP contribution in [0.1, 0.15) is 22.8 Å². The average Bonchev–Trinajstić information content (AvgIpc) is 2.81. The fourth-order valence-corrected chi connectivity index (χ4v) is 2.21. The molecule has 0 N–H and O–H groups in total. The van der Waals surface area contributed by atoms with Crippen molar-refractivity contribution in [2.75, 3.05) is 6.61 Å². The number of rotatable bonds is 4. The number of benzene rings is 2. The van der Waals surface area contributed by atoms with Crippen molar-refractivity contribution in [2.24, 2.45) is 0 Å². The van der Waals surface area contributed by atoms with E-state index in [0.717, 1.165) is 5.57 Å². The largest absolute Gasteiger partial charge is 0.489 e. The lowest BCUT2D eigenvalue weighted by Gasteiger charge is -2.06. The van der Waals surface area contributed by atoms with Gasteiger partial charge in [-0.2, -0.15) is 0 Å². The highest BCUT2D eigenvalue weighted by Gasteiger charge is 2.27. The van der Waals surface area contributed by atoms with Gasteiger partial charge in [-0.05, 0) is 48.4 Å². The number of hydrogen-bond donors (Lipinski definition) is 0. The highest BCUT2D eigenvalue weighted by Crippen LogP contribution is 2.35. The summed E-state index contributed by atoms with van der Waals surface area (Å²) in [7, 11) is 0. The number of fused-ring (bicyclic) bond motifs is 1. The normalized spacial score (nSPS) is 14.5. The van der Waals surface area contributed by atoms with Crippen LogP contribution in [0.3, 0.4) is 0 Å². The smallest absolute Gasteiger partial charge is 0.231 e. The van der Waals surface area contributed by atoms with E-state index in [0.29, 0.717) is 29.2 Å². The number of carbonyl (C=O) groups excluding carboxylic acids is 1. The minimum Gasteiger partial charge on any atom is -0.489 e. The molecule has 0 radical (unpaired) electrons. The summed E-state index contributed by atoms with van der Waals surface area (Å²) in [6, 6.07) is 11.0. The van der Waals surface area contributed by atoms with E-state index in [9.17, 15) is 9.18 Å². The van der Waals surface area contributed by atoms with Crippen molar-refractivity contribution in [2.45, 2.75) is 6.92 Å². The van der Waals surface area contributed by atoms with Crippen molar-refractivity contribution < 1.29 is 18.7 Å². The Bertz CT molecular complexity index is 821. The summed E-state index contributed by atoms with van der Waals surface area (Å²) in [4.78, 5) is 12.3. The molecule has 1 aliphatic rings. The molecule has 23 heavy (non-hydrogen) atoms. The molecule has 1 heterocycles. The zero-order valence-electron chi connectivity index (χ0n) is 12.6. The second kappa shape index (κ2) is 6.08. The SMILES string of the molecule is C=C(C)COc1ccc2c(c1)OC(=Cc1cccc(F)c1)C2=O. The van der Waals surface area contributed by atoms with Gasteiger partial charge in [0.2, 0.25) is 5.78 Å². The van der Waals surface area contributed by atoms with Crippen LogP contribution in [-0.2, 0) is 0 Å². The summed E-state index contributed by atoms with van der Waals surface area (Å²) in [5.74, 6) is 0.625. The maximum atomic E-state index is 13.2. The molecular formula is C19H15FO3. The number of halogens is 1. The third kappa shape index (κ3) is 3.31. The van der Waals surface area contributed by atoms with E-state index < -0.39 is 0 Å². The summed E-state index contributed by atoms with van der Waals surface area (Å²) in [6.07, 6.45) is 1.53. The molecule has 116 valence electrons. The minimum atomic E-state index is -0.363. The number of Topliss-reactive ketones (excluding diaryl/α,β-unsaturated/α-hetero) is 1. The predicted octanol–water partition coefficient (Wildman–Crippen LogP) is 4.40. The molecule has 4 heteroatoms. The molecule has 3 rings (SSSR count). The van der Waals surface area contributed by atoms with Gasteiger partial charge in [0.05, 0.1) is 5.56 Å². The number of ether oxygens (including phenoxy) is 2. The number of ketones is 1. The number of carbonyl (C=O) groups is 1. The van der Waals surface area contributed by atoms with Crippen molar-refractivity contribution in [3.63, 3.8) is 0 Å². The number of allylic oxidation sites excluding steroid dienone is 1. The van der Waals surface area contributed by atoms with Gasteiger partial charge in [-0.1, -0.05) is 18.7 Å². The van der Waals surface area contributed by atoms with Crippen LogP contribution in [0, 0.1) is 5.82 Å². The fourth-order valence-electron chi connectivity index (χ4n) is 2.21. The van der Waals surface area contributed by atoms with Gasteiger partial charge in [0.1, 0.15) is 23.9 Å². The highest BCUT2D eigenvalue weighted by molar-refractivity contribution is 6.14. The third-order valence-corrected chi connectivity index (χ3v) is 3.27. The molecule has 0 fully saturated rings. The lowest BCUT2D eigenvalue weighted by Crippen LogP contribution is -1.98. The van der Waals surface area contributed by atoms with Crippen molar-refractivity contribution in [1.29, 1.82) is 0 Å². The van der Waals surface area contributed by atoms with Crippen molar-refractivity contribution in [3.8, 4) is 11.5 Å². The van der Waals surface area contributed by atoms with Crippen LogP contribution in [0.15, 0.2) is 60.4 Å². The molecule has 2 aromatic rings. The van der Waals surface area contributed by atoms with Crippen molar-refractivity contribution in [3.05, 3.63) is 77.3 Å². The maximum absolute atomic E-state index is 13.2. The zero-order valence-corrected chi connectivity index (χ0v) is 12.6. The molecule has 0 aliphatic carbocycles. The Morgan fingerprint density at radius 1 is 1.30 bits per heavy atom. The Balaban J connectivity index is 1.85. The van der Waals surface area contributed by atoms with Gasteiger partial charge in [-0.3, -0.25) is 4.79 Å². The maximum Gasteiger partial charge on any atom is 0.231 e. The summed E-state index contributed by atoms with van der Waals surface area (Å²) in [5.41, 5.74) is 1.93. The standard InChI is InChI=1S/C19H15FO3/c1-12(2)11-22-15-6-7-16-17(10-15)23-18(19(16)21)9-13-4-3-5-14(20)8-13/h3-10H,1,11H2,2H3. The Morgan fingerprint density at radius 3 is 2.87 bits per heavy atom. The molecule has 0 bridgehead atoms. The van der Waals surface area contributed by atoms with Gasteiger partial charge >= 0.3 is 0 Å². The molecule has 0 saturated carbocycles. The van der Waals surface area contributed by atoms with Gasteiger partial charge in [0.25, 0.3) is 0 Å². The van der Waals surface area contributed by atoms with Crippen LogP contribution in [0.5, 0.6) is 11.5 Å². The Labute approximate surface area is 133 Å². The molecule has 0 amide bonds. The first kappa shape index (κ1) is 15.0. The average molecular weight is 310 g/mol. The van der Waals surface area contributed by atoms with Crippen LogP contribution in [0.4, 0.5) is 4.39 Å². The predicted molar refractivity (Wildman–Crippen MR) is 86.1 cm³/mol. The molecule has 0 unspecified atom stereocenters. The molecule has 3 nitrogen and oxygen atoms in total. The van der Waals surface area contributed by atoms with Crippen LogP contribution in [0.25, 0.3) is 6.08 Å². The summed E-state index contributed by atoms with van der Waals surface area (Å²) < 4.78 is 24.4. The van der Waals surface area contributed by atoms with E-state index in [1.54, 1.807) is 30.3 Å². The lowest BCUT2D eigenvalue weighted by atomic mass is 10.1. The van der Waals surface area contributed by atoms with Gasteiger partial charge in [-0.15, -0.1) is 0 Å². The van der Waals surface area contributed by atoms with Crippen LogP contribution >= 0.6 is 0 Å². The van der Waals surface area contributed by atoms with Gasteiger partial charge < -0.3 is 9.47 Å². The highest BCUT2D eigenvalue weighted by atomic mass is 19.1. The van der Waals surface area contributed by atoms with Crippen LogP contribution < -0.4 is 9.47 Å². The van der Waals surface area contributed by atoms with Crippen LogP contribution in [-0.4, -0.2) is 12.4 Å². The van der Waals surface area contributed by atoms with Gasteiger partial charge in [-0.25, -0.2) is 4.39 Å². The molecule has 0 spiro atoms. The van der Waals surface area contributed by atoms with Crippen LogP contribution in [0.2, 0.25) is 0 Å². The third-order valence-electron chi connectivity index (χ3n) is 3.27. The van der Waals surface area contributed by atoms with E-state index in [2.05, 4.69) is 6.58 Å². The lowest BCUT2D eigenvalue weighted by molar-refractivity contribution is 0.101. The molecular weight excluding hydrogens is 295 g/mol. The monoisotopic (exact) mass is 310 g/mol. The zero-order chi connectivity index (χ0) is 16.4. The van der Waals surface area contributed by atoms with E-state index in [1.807, 2.05) is 6.92 Å². The number of hydrogen-bond acceptors (Lipinski definition) is 3. The summed E-state index contributed by atoms with van der Waals surface area (Å²) in [6.45, 7) is 6.04. The molecule has 0 atom stereocenters. The quantitative estimate of drug-likeness (QED) is 0.620. The molecule has 2 aromatic carbocycles. The van der Waals surface area contributed by atoms with E-state index in [1.165, 1.54) is 18.2 Å².